The largest absolute Gasteiger partial charge is 0.309 e. The van der Waals surface area contributed by atoms with E-state index in [1.54, 1.807) is 0 Å². The second kappa shape index (κ2) is 19.7. The van der Waals surface area contributed by atoms with Crippen molar-refractivity contribution in [2.75, 3.05) is 14.7 Å². The number of anilines is 9. The van der Waals surface area contributed by atoms with Crippen molar-refractivity contribution in [3.8, 4) is 39.1 Å². The number of benzene rings is 12. The van der Waals surface area contributed by atoms with Crippen LogP contribution in [0.2, 0.25) is 0 Å². The second-order valence-corrected chi connectivity index (χ2v) is 25.7. The van der Waals surface area contributed by atoms with E-state index in [9.17, 15) is 0 Å². The fourth-order valence-electron chi connectivity index (χ4n) is 14.2. The van der Waals surface area contributed by atoms with Gasteiger partial charge in [0.2, 0.25) is 0 Å². The molecule has 13 aromatic rings. The number of aromatic nitrogens is 1. The molecule has 1 aliphatic carbocycles. The predicted octanol–water partition coefficient (Wildman–Crippen LogP) is 22.5. The summed E-state index contributed by atoms with van der Waals surface area (Å²) < 4.78 is 2.48. The third-order valence-corrected chi connectivity index (χ3v) is 18.5. The number of hydrogen-bond acceptors (Lipinski definition) is 3. The van der Waals surface area contributed by atoms with E-state index in [1.165, 1.54) is 88.6 Å². The molecule has 12 aromatic carbocycles. The molecular formula is C82H66N4. The fraction of sp³-hybridized carbons (Fsp3) is 0.122. The Morgan fingerprint density at radius 2 is 0.744 bits per heavy atom. The molecular weight excluding hydrogens is 1040 g/mol. The normalized spacial score (nSPS) is 13.5. The lowest BCUT2D eigenvalue weighted by molar-refractivity contribution is 0.590. The molecule has 4 nitrogen and oxygen atoms in total. The minimum Gasteiger partial charge on any atom is -0.309 e. The van der Waals surface area contributed by atoms with Crippen molar-refractivity contribution in [2.24, 2.45) is 0 Å². The van der Waals surface area contributed by atoms with Crippen LogP contribution in [-0.4, -0.2) is 4.57 Å². The van der Waals surface area contributed by atoms with Crippen molar-refractivity contribution in [2.45, 2.75) is 64.7 Å². The van der Waals surface area contributed by atoms with Crippen LogP contribution in [0.1, 0.15) is 86.4 Å². The van der Waals surface area contributed by atoms with Crippen molar-refractivity contribution in [1.82, 2.24) is 4.57 Å². The van der Waals surface area contributed by atoms with Gasteiger partial charge in [-0.05, 0) is 157 Å². The highest BCUT2D eigenvalue weighted by atomic mass is 15.3. The summed E-state index contributed by atoms with van der Waals surface area (Å²) in [5.41, 5.74) is 29.5. The maximum Gasteiger partial charge on any atom is 0.0948 e. The maximum atomic E-state index is 2.64. The van der Waals surface area contributed by atoms with Gasteiger partial charge in [-0.1, -0.05) is 236 Å². The Hall–Kier alpha value is -10.2. The molecule has 0 spiro atoms. The van der Waals surface area contributed by atoms with E-state index in [4.69, 9.17) is 0 Å². The zero-order valence-electron chi connectivity index (χ0n) is 49.6. The first-order chi connectivity index (χ1) is 41.9. The Balaban J connectivity index is 1.08. The molecule has 0 fully saturated rings. The molecule has 0 saturated heterocycles. The number of rotatable bonds is 7. The first-order valence-electron chi connectivity index (χ1n) is 30.4. The highest BCUT2D eigenvalue weighted by molar-refractivity contribution is 6.16. The van der Waals surface area contributed by atoms with Crippen molar-refractivity contribution in [3.05, 3.63) is 312 Å². The van der Waals surface area contributed by atoms with E-state index in [1.807, 2.05) is 0 Å². The molecule has 2 aliphatic heterocycles. The van der Waals surface area contributed by atoms with Gasteiger partial charge in [-0.25, -0.2) is 0 Å². The average molecular weight is 1110 g/mol. The van der Waals surface area contributed by atoms with Crippen molar-refractivity contribution in [1.29, 1.82) is 0 Å². The molecule has 86 heavy (non-hydrogen) atoms. The molecule has 0 N–H and O–H groups in total. The average Bonchev–Trinajstić information content (AvgIpc) is 0.887. The summed E-state index contributed by atoms with van der Waals surface area (Å²) in [6.45, 7) is 14.0. The van der Waals surface area contributed by atoms with Crippen LogP contribution < -0.4 is 14.7 Å². The number of fused-ring (bicyclic) bond motifs is 9. The Bertz CT molecular complexity index is 4730. The van der Waals surface area contributed by atoms with E-state index >= 15 is 0 Å². The Labute approximate surface area is 505 Å². The molecule has 0 saturated carbocycles. The number of hydrogen-bond donors (Lipinski definition) is 0. The van der Waals surface area contributed by atoms with Crippen molar-refractivity contribution >= 4 is 73.0 Å². The number of nitrogens with zero attached hydrogens (tertiary/aromatic N) is 4. The molecule has 414 valence electrons. The van der Waals surface area contributed by atoms with Crippen LogP contribution in [0.5, 0.6) is 0 Å². The SMILES string of the molecule is CC(C)(C)c1ccc(N2c3cc(-n4c5ccccc5c5ccccc54)ccc3N3c4cc(-c5ccccc5)ccc4N(c4ccc(C(C)(C)C)cc4-c4ccccc4)c4cc(C5c6ccccc6Cc6ccccc65)cc2c43)c(-c2ccccc2)c1. The van der Waals surface area contributed by atoms with Gasteiger partial charge in [0.1, 0.15) is 0 Å². The quantitative estimate of drug-likeness (QED) is 0.158. The Morgan fingerprint density at radius 1 is 0.314 bits per heavy atom. The molecule has 16 rings (SSSR count). The lowest BCUT2D eigenvalue weighted by Gasteiger charge is -2.48. The summed E-state index contributed by atoms with van der Waals surface area (Å²) in [4.78, 5) is 7.88. The van der Waals surface area contributed by atoms with E-state index in [2.05, 4.69) is 334 Å². The van der Waals surface area contributed by atoms with Gasteiger partial charge in [0.15, 0.2) is 0 Å². The number of para-hydroxylation sites is 2. The first kappa shape index (κ1) is 51.5. The minimum absolute atomic E-state index is 0.0595. The lowest BCUT2D eigenvalue weighted by atomic mass is 9.74. The third kappa shape index (κ3) is 8.26. The van der Waals surface area contributed by atoms with E-state index < -0.39 is 0 Å². The summed E-state index contributed by atoms with van der Waals surface area (Å²) in [7, 11) is 0. The molecule has 3 aliphatic rings. The van der Waals surface area contributed by atoms with Crippen LogP contribution in [0.3, 0.4) is 0 Å². The van der Waals surface area contributed by atoms with Gasteiger partial charge >= 0.3 is 0 Å². The van der Waals surface area contributed by atoms with Crippen LogP contribution in [0.15, 0.2) is 273 Å². The molecule has 0 atom stereocenters. The van der Waals surface area contributed by atoms with Crippen LogP contribution >= 0.6 is 0 Å². The first-order valence-corrected chi connectivity index (χ1v) is 30.4. The summed E-state index contributed by atoms with van der Waals surface area (Å²) in [6, 6.07) is 103. The van der Waals surface area contributed by atoms with Crippen LogP contribution in [0, 0.1) is 0 Å². The molecule has 0 unspecified atom stereocenters. The third-order valence-electron chi connectivity index (χ3n) is 18.5. The predicted molar refractivity (Wildman–Crippen MR) is 362 cm³/mol. The summed E-state index contributed by atoms with van der Waals surface area (Å²) in [5, 5.41) is 2.47. The van der Waals surface area contributed by atoms with Gasteiger partial charge in [-0.2, -0.15) is 0 Å². The fourth-order valence-corrected chi connectivity index (χ4v) is 14.2. The Morgan fingerprint density at radius 3 is 1.28 bits per heavy atom. The summed E-state index contributed by atoms with van der Waals surface area (Å²) >= 11 is 0. The van der Waals surface area contributed by atoms with E-state index in [0.29, 0.717) is 0 Å². The molecule has 3 heterocycles. The summed E-state index contributed by atoms with van der Waals surface area (Å²) in [6.07, 6.45) is 0.893. The van der Waals surface area contributed by atoms with Gasteiger partial charge in [0.25, 0.3) is 0 Å². The minimum atomic E-state index is -0.108. The van der Waals surface area contributed by atoms with Crippen LogP contribution in [0.4, 0.5) is 51.2 Å². The zero-order valence-corrected chi connectivity index (χ0v) is 49.6. The zero-order chi connectivity index (χ0) is 58.0. The molecule has 0 amide bonds. The highest BCUT2D eigenvalue weighted by Crippen LogP contribution is 2.66. The van der Waals surface area contributed by atoms with Gasteiger partial charge in [-0.3, -0.25) is 0 Å². The topological polar surface area (TPSA) is 14.7 Å². The van der Waals surface area contributed by atoms with Gasteiger partial charge in [0.05, 0.1) is 62.2 Å². The Kier molecular flexibility index (Phi) is 11.8. The van der Waals surface area contributed by atoms with Crippen molar-refractivity contribution in [3.63, 3.8) is 0 Å². The van der Waals surface area contributed by atoms with Crippen LogP contribution in [-0.2, 0) is 17.3 Å². The van der Waals surface area contributed by atoms with Gasteiger partial charge < -0.3 is 19.3 Å². The van der Waals surface area contributed by atoms with Crippen molar-refractivity contribution < 1.29 is 0 Å². The molecule has 0 bridgehead atoms. The maximum absolute atomic E-state index is 2.64. The van der Waals surface area contributed by atoms with Gasteiger partial charge in [0, 0.05) is 33.5 Å². The lowest BCUT2D eigenvalue weighted by Crippen LogP contribution is -2.31. The second-order valence-electron chi connectivity index (χ2n) is 25.7. The molecule has 0 radical (unpaired) electrons. The molecule has 1 aromatic heterocycles. The van der Waals surface area contributed by atoms with E-state index in [-0.39, 0.29) is 16.7 Å². The van der Waals surface area contributed by atoms with E-state index in [0.717, 1.165) is 68.9 Å². The standard InChI is InChI=1S/C82H66N4/c1-81(2,3)60-39-43-71(67(50-60)54-26-12-8-13-27-54)84-73-42-38-56(53-24-10-7-11-25-53)47-75(73)86-74-45-41-62(83-69-36-22-20-34-65(69)66-35-21-23-37-70(66)83)52-76(74)85(72-44-40-61(82(4,5)6)51-68(72)55-28-14-9-15-29-55)78-49-59(48-77(84)80(78)86)79-63-32-18-16-30-57(63)46-58-31-17-19-33-64(58)79/h7-45,47-52,79H,46H2,1-6H3. The molecule has 4 heteroatoms. The van der Waals surface area contributed by atoms with Gasteiger partial charge in [-0.15, -0.1) is 0 Å². The highest BCUT2D eigenvalue weighted by Gasteiger charge is 2.43. The smallest absolute Gasteiger partial charge is 0.0948 e. The van der Waals surface area contributed by atoms with Crippen LogP contribution in [0.25, 0.3) is 60.9 Å². The monoisotopic (exact) mass is 1110 g/mol. The summed E-state index contributed by atoms with van der Waals surface area (Å²) in [5.74, 6) is -0.0595.